The summed E-state index contributed by atoms with van der Waals surface area (Å²) in [6, 6.07) is 8.44. The molecule has 1 atom stereocenters. The molecule has 1 unspecified atom stereocenters. The van der Waals surface area contributed by atoms with Crippen LogP contribution in [-0.2, 0) is 19.4 Å². The van der Waals surface area contributed by atoms with Crippen LogP contribution in [0.3, 0.4) is 0 Å². The Morgan fingerprint density at radius 3 is 2.72 bits per heavy atom. The molecule has 1 aliphatic carbocycles. The summed E-state index contributed by atoms with van der Waals surface area (Å²) >= 11 is 1.62. The van der Waals surface area contributed by atoms with Gasteiger partial charge < -0.3 is 10.1 Å². The lowest BCUT2D eigenvalue weighted by Crippen LogP contribution is -2.29. The first-order chi connectivity index (χ1) is 14.2. The standard InChI is InChI=1S/C23H27N3O2S/c27-14-16-6-9-18-19(12-16)29-23-20(18)22(28)24-21(25-23)17-7-4-15(5-8-17)13-26-10-2-1-3-11-26/h4-5,7-8,16,27H,1-3,6,9-14H2,(H,24,25,28). The fraction of sp³-hybridized carbons (Fsp3) is 0.478. The quantitative estimate of drug-likeness (QED) is 0.689. The third-order valence-electron chi connectivity index (χ3n) is 6.36. The smallest absolute Gasteiger partial charge is 0.260 e. The van der Waals surface area contributed by atoms with Gasteiger partial charge in [-0.1, -0.05) is 30.7 Å². The third kappa shape index (κ3) is 3.77. The number of nitrogens with one attached hydrogen (secondary N) is 1. The second-order valence-electron chi connectivity index (χ2n) is 8.42. The van der Waals surface area contributed by atoms with E-state index in [1.54, 1.807) is 11.3 Å². The number of piperidine rings is 1. The Morgan fingerprint density at radius 2 is 1.97 bits per heavy atom. The van der Waals surface area contributed by atoms with Crippen LogP contribution in [0.2, 0.25) is 0 Å². The molecule has 2 aromatic heterocycles. The molecule has 29 heavy (non-hydrogen) atoms. The molecular formula is C23H27N3O2S. The SMILES string of the molecule is O=c1[nH]c(-c2ccc(CN3CCCCC3)cc2)nc2sc3c(c12)CCC(CO)C3. The molecule has 3 heterocycles. The Morgan fingerprint density at radius 1 is 1.17 bits per heavy atom. The monoisotopic (exact) mass is 409 g/mol. The summed E-state index contributed by atoms with van der Waals surface area (Å²) in [4.78, 5) is 25.2. The predicted octanol–water partition coefficient (Wildman–Crippen LogP) is 3.73. The highest BCUT2D eigenvalue weighted by Gasteiger charge is 2.24. The van der Waals surface area contributed by atoms with Crippen molar-refractivity contribution in [1.29, 1.82) is 0 Å². The Hall–Kier alpha value is -2.02. The maximum atomic E-state index is 12.8. The second-order valence-corrected chi connectivity index (χ2v) is 9.51. The van der Waals surface area contributed by atoms with E-state index in [4.69, 9.17) is 4.98 Å². The van der Waals surface area contributed by atoms with Crippen molar-refractivity contribution in [2.24, 2.45) is 5.92 Å². The number of aryl methyl sites for hydroxylation is 1. The normalized spacial score (nSPS) is 20.1. The van der Waals surface area contributed by atoms with E-state index in [0.717, 1.165) is 47.2 Å². The number of aliphatic hydroxyl groups is 1. The molecule has 1 saturated heterocycles. The zero-order valence-electron chi connectivity index (χ0n) is 16.6. The lowest BCUT2D eigenvalue weighted by atomic mass is 9.88. The molecule has 5 rings (SSSR count). The van der Waals surface area contributed by atoms with Crippen LogP contribution in [0.15, 0.2) is 29.1 Å². The number of fused-ring (bicyclic) bond motifs is 3. The van der Waals surface area contributed by atoms with E-state index < -0.39 is 0 Å². The van der Waals surface area contributed by atoms with Crippen LogP contribution in [0, 0.1) is 5.92 Å². The van der Waals surface area contributed by atoms with Crippen LogP contribution < -0.4 is 5.56 Å². The zero-order valence-corrected chi connectivity index (χ0v) is 17.4. The van der Waals surface area contributed by atoms with Crippen molar-refractivity contribution in [2.45, 2.75) is 45.1 Å². The molecular weight excluding hydrogens is 382 g/mol. The van der Waals surface area contributed by atoms with Crippen molar-refractivity contribution in [3.63, 3.8) is 0 Å². The number of benzene rings is 1. The summed E-state index contributed by atoms with van der Waals surface area (Å²) in [7, 11) is 0. The number of rotatable bonds is 4. The number of nitrogens with zero attached hydrogens (tertiary/aromatic N) is 2. The Kier molecular flexibility index (Phi) is 5.24. The molecule has 152 valence electrons. The molecule has 0 bridgehead atoms. The van der Waals surface area contributed by atoms with Gasteiger partial charge in [-0.2, -0.15) is 0 Å². The molecule has 2 N–H and O–H groups in total. The van der Waals surface area contributed by atoms with Crippen LogP contribution in [0.4, 0.5) is 0 Å². The summed E-state index contributed by atoms with van der Waals surface area (Å²) in [5, 5.41) is 10.2. The Bertz CT molecular complexity index is 1060. The number of hydrogen-bond donors (Lipinski definition) is 2. The molecule has 0 radical (unpaired) electrons. The first-order valence-electron chi connectivity index (χ1n) is 10.7. The Labute approximate surface area is 174 Å². The van der Waals surface area contributed by atoms with Gasteiger partial charge in [0.25, 0.3) is 5.56 Å². The van der Waals surface area contributed by atoms with Crippen molar-refractivity contribution in [1.82, 2.24) is 14.9 Å². The van der Waals surface area contributed by atoms with E-state index in [9.17, 15) is 9.90 Å². The van der Waals surface area contributed by atoms with E-state index in [-0.39, 0.29) is 12.2 Å². The van der Waals surface area contributed by atoms with Gasteiger partial charge in [0.15, 0.2) is 0 Å². The average molecular weight is 410 g/mol. The molecule has 0 amide bonds. The summed E-state index contributed by atoms with van der Waals surface area (Å²) in [5.74, 6) is 0.950. The third-order valence-corrected chi connectivity index (χ3v) is 7.51. The number of likely N-dealkylation sites (tertiary alicyclic amines) is 1. The van der Waals surface area contributed by atoms with Crippen molar-refractivity contribution in [2.75, 3.05) is 19.7 Å². The van der Waals surface area contributed by atoms with Gasteiger partial charge in [-0.05, 0) is 62.2 Å². The lowest BCUT2D eigenvalue weighted by Gasteiger charge is -2.26. The van der Waals surface area contributed by atoms with Crippen LogP contribution in [0.5, 0.6) is 0 Å². The van der Waals surface area contributed by atoms with Gasteiger partial charge in [-0.25, -0.2) is 4.98 Å². The van der Waals surface area contributed by atoms with Gasteiger partial charge in [0.05, 0.1) is 5.39 Å². The number of H-pyrrole nitrogens is 1. The molecule has 3 aromatic rings. The highest BCUT2D eigenvalue weighted by atomic mass is 32.1. The van der Waals surface area contributed by atoms with Gasteiger partial charge in [-0.15, -0.1) is 11.3 Å². The maximum Gasteiger partial charge on any atom is 0.260 e. The van der Waals surface area contributed by atoms with Gasteiger partial charge in [0.1, 0.15) is 10.7 Å². The number of hydrogen-bond acceptors (Lipinski definition) is 5. The van der Waals surface area contributed by atoms with E-state index in [2.05, 4.69) is 34.1 Å². The summed E-state index contributed by atoms with van der Waals surface area (Å²) in [6.45, 7) is 3.58. The summed E-state index contributed by atoms with van der Waals surface area (Å²) < 4.78 is 0. The maximum absolute atomic E-state index is 12.8. The van der Waals surface area contributed by atoms with E-state index >= 15 is 0 Å². The minimum atomic E-state index is -0.0395. The van der Waals surface area contributed by atoms with Gasteiger partial charge >= 0.3 is 0 Å². The van der Waals surface area contributed by atoms with Crippen LogP contribution in [-0.4, -0.2) is 39.7 Å². The lowest BCUT2D eigenvalue weighted by molar-refractivity contribution is 0.214. The fourth-order valence-electron chi connectivity index (χ4n) is 4.69. The molecule has 6 heteroatoms. The molecule has 1 aromatic carbocycles. The summed E-state index contributed by atoms with van der Waals surface area (Å²) in [6.07, 6.45) is 6.60. The molecule has 1 aliphatic heterocycles. The molecule has 0 saturated carbocycles. The molecule has 1 fully saturated rings. The van der Waals surface area contributed by atoms with Crippen molar-refractivity contribution in [3.05, 3.63) is 50.6 Å². The van der Waals surface area contributed by atoms with E-state index in [1.165, 1.54) is 42.8 Å². The van der Waals surface area contributed by atoms with Crippen molar-refractivity contribution >= 4 is 21.6 Å². The molecule has 0 spiro atoms. The second kappa shape index (κ2) is 8.01. The Balaban J connectivity index is 1.42. The largest absolute Gasteiger partial charge is 0.396 e. The van der Waals surface area contributed by atoms with Crippen LogP contribution in [0.1, 0.15) is 41.7 Å². The number of aliphatic hydroxyl groups excluding tert-OH is 1. The van der Waals surface area contributed by atoms with Crippen molar-refractivity contribution in [3.8, 4) is 11.4 Å². The van der Waals surface area contributed by atoms with Crippen LogP contribution in [0.25, 0.3) is 21.6 Å². The van der Waals surface area contributed by atoms with Gasteiger partial charge in [0.2, 0.25) is 0 Å². The first-order valence-corrected chi connectivity index (χ1v) is 11.5. The van der Waals surface area contributed by atoms with Crippen molar-refractivity contribution < 1.29 is 5.11 Å². The fourth-order valence-corrected chi connectivity index (χ4v) is 6.02. The van der Waals surface area contributed by atoms with E-state index in [0.29, 0.717) is 11.7 Å². The topological polar surface area (TPSA) is 69.2 Å². The molecule has 2 aliphatic rings. The minimum absolute atomic E-state index is 0.0395. The van der Waals surface area contributed by atoms with Gasteiger partial charge in [-0.3, -0.25) is 9.69 Å². The zero-order chi connectivity index (χ0) is 19.8. The first kappa shape index (κ1) is 19.0. The highest BCUT2D eigenvalue weighted by Crippen LogP contribution is 2.36. The average Bonchev–Trinajstić information content (AvgIpc) is 3.13. The number of thiophene rings is 1. The number of aromatic amines is 1. The number of aromatic nitrogens is 2. The van der Waals surface area contributed by atoms with Crippen LogP contribution >= 0.6 is 11.3 Å². The molecule has 5 nitrogen and oxygen atoms in total. The van der Waals surface area contributed by atoms with Gasteiger partial charge in [0, 0.05) is 23.6 Å². The highest BCUT2D eigenvalue weighted by molar-refractivity contribution is 7.18. The minimum Gasteiger partial charge on any atom is -0.396 e. The van der Waals surface area contributed by atoms with E-state index in [1.807, 2.05) is 0 Å². The summed E-state index contributed by atoms with van der Waals surface area (Å²) in [5.41, 5.74) is 3.36. The predicted molar refractivity (Wildman–Crippen MR) is 117 cm³/mol.